The van der Waals surface area contributed by atoms with E-state index >= 15 is 0 Å². The number of rotatable bonds is 1. The van der Waals surface area contributed by atoms with E-state index in [2.05, 4.69) is 0 Å². The molecule has 16 heavy (non-hydrogen) atoms. The molecule has 0 aromatic carbocycles. The predicted molar refractivity (Wildman–Crippen MR) is 48.2 cm³/mol. The second kappa shape index (κ2) is 9.73. The summed E-state index contributed by atoms with van der Waals surface area (Å²) < 4.78 is 55.2. The zero-order valence-corrected chi connectivity index (χ0v) is 9.22. The van der Waals surface area contributed by atoms with Gasteiger partial charge in [0.15, 0.2) is 0 Å². The summed E-state index contributed by atoms with van der Waals surface area (Å²) >= 11 is 0. The molecule has 0 bridgehead atoms. The van der Waals surface area contributed by atoms with Gasteiger partial charge in [0.25, 0.3) is 5.92 Å². The molecule has 102 valence electrons. The van der Waals surface area contributed by atoms with Gasteiger partial charge in [-0.05, 0) is 13.8 Å². The smallest absolute Gasteiger partial charge is 0.397 e. The Morgan fingerprint density at radius 3 is 1.19 bits per heavy atom. The van der Waals surface area contributed by atoms with Crippen LogP contribution in [0.1, 0.15) is 20.8 Å². The van der Waals surface area contributed by atoms with E-state index in [1.165, 1.54) is 0 Å². The van der Waals surface area contributed by atoms with Gasteiger partial charge in [-0.25, -0.2) is 8.78 Å². The van der Waals surface area contributed by atoms with Gasteiger partial charge >= 0.3 is 6.18 Å². The van der Waals surface area contributed by atoms with E-state index in [0.29, 0.717) is 13.8 Å². The first-order chi connectivity index (χ1) is 6.92. The van der Waals surface area contributed by atoms with E-state index in [4.69, 9.17) is 15.3 Å². The van der Waals surface area contributed by atoms with Crippen molar-refractivity contribution in [1.82, 2.24) is 0 Å². The van der Waals surface area contributed by atoms with Crippen molar-refractivity contribution in [3.8, 4) is 0 Å². The summed E-state index contributed by atoms with van der Waals surface area (Å²) in [7, 11) is 0. The van der Waals surface area contributed by atoms with Crippen LogP contribution in [0.15, 0.2) is 0 Å². The number of aliphatic hydroxyl groups excluding tert-OH is 3. The number of aliphatic hydroxyl groups is 3. The Morgan fingerprint density at radius 1 is 1.06 bits per heavy atom. The van der Waals surface area contributed by atoms with Crippen molar-refractivity contribution in [2.45, 2.75) is 39.0 Å². The van der Waals surface area contributed by atoms with Gasteiger partial charge in [0.2, 0.25) is 0 Å². The van der Waals surface area contributed by atoms with Crippen LogP contribution >= 0.6 is 0 Å². The molecular weight excluding hydrogens is 239 g/mol. The van der Waals surface area contributed by atoms with Gasteiger partial charge in [-0.15, -0.1) is 0 Å². The lowest BCUT2D eigenvalue weighted by Gasteiger charge is -2.06. The van der Waals surface area contributed by atoms with Gasteiger partial charge in [0.05, 0.1) is 0 Å². The number of hydrogen-bond acceptors (Lipinski definition) is 3. The Kier molecular flexibility index (Phi) is 12.7. The fraction of sp³-hybridized carbons (Fsp3) is 1.00. The van der Waals surface area contributed by atoms with Gasteiger partial charge in [0.1, 0.15) is 12.7 Å². The van der Waals surface area contributed by atoms with E-state index in [9.17, 15) is 22.0 Å². The van der Waals surface area contributed by atoms with Crippen LogP contribution in [-0.4, -0.2) is 46.7 Å². The molecule has 0 radical (unpaired) electrons. The van der Waals surface area contributed by atoms with Crippen LogP contribution in [0.4, 0.5) is 22.0 Å². The van der Waals surface area contributed by atoms with Crippen LogP contribution in [0.3, 0.4) is 0 Å². The summed E-state index contributed by atoms with van der Waals surface area (Å²) in [6, 6.07) is 0. The maximum atomic E-state index is 11.2. The second-order valence-corrected chi connectivity index (χ2v) is 2.76. The molecule has 0 aromatic rings. The molecule has 0 saturated carbocycles. The van der Waals surface area contributed by atoms with Crippen LogP contribution in [-0.2, 0) is 0 Å². The lowest BCUT2D eigenvalue weighted by Crippen LogP contribution is -2.24. The van der Waals surface area contributed by atoms with Crippen LogP contribution in [0.5, 0.6) is 0 Å². The highest BCUT2D eigenvalue weighted by Gasteiger charge is 2.33. The van der Waals surface area contributed by atoms with Crippen molar-refractivity contribution in [3.05, 3.63) is 0 Å². The van der Waals surface area contributed by atoms with E-state index in [0.717, 1.165) is 0 Å². The van der Waals surface area contributed by atoms with Gasteiger partial charge in [-0.3, -0.25) is 0 Å². The zero-order valence-electron chi connectivity index (χ0n) is 9.22. The number of halogens is 5. The van der Waals surface area contributed by atoms with Crippen molar-refractivity contribution in [3.63, 3.8) is 0 Å². The minimum atomic E-state index is -4.44. The molecular formula is C8H17F5O3. The third-order valence-electron chi connectivity index (χ3n) is 0.751. The molecule has 0 amide bonds. The zero-order chi connectivity index (χ0) is 14.0. The summed E-state index contributed by atoms with van der Waals surface area (Å²) in [5.41, 5.74) is 0. The quantitative estimate of drug-likeness (QED) is 0.624. The Labute approximate surface area is 90.5 Å². The minimum Gasteiger partial charge on any atom is -0.397 e. The molecule has 8 heteroatoms. The summed E-state index contributed by atoms with van der Waals surface area (Å²) in [6.07, 6.45) is -6.65. The van der Waals surface area contributed by atoms with E-state index < -0.39 is 24.8 Å². The first-order valence-electron chi connectivity index (χ1n) is 4.26. The van der Waals surface area contributed by atoms with Crippen molar-refractivity contribution < 1.29 is 37.3 Å². The van der Waals surface area contributed by atoms with Crippen molar-refractivity contribution in [2.75, 3.05) is 13.2 Å². The average molecular weight is 256 g/mol. The molecule has 0 heterocycles. The Morgan fingerprint density at radius 2 is 1.19 bits per heavy atom. The van der Waals surface area contributed by atoms with Gasteiger partial charge in [0, 0.05) is 13.5 Å². The normalized spacial score (nSPS) is 12.9. The van der Waals surface area contributed by atoms with Gasteiger partial charge < -0.3 is 15.3 Å². The van der Waals surface area contributed by atoms with Gasteiger partial charge in [-0.2, -0.15) is 13.2 Å². The Hall–Kier alpha value is -0.470. The van der Waals surface area contributed by atoms with Crippen LogP contribution in [0, 0.1) is 0 Å². The maximum absolute atomic E-state index is 11.2. The molecule has 0 fully saturated rings. The molecule has 0 aromatic heterocycles. The van der Waals surface area contributed by atoms with E-state index in [-0.39, 0.29) is 6.61 Å². The molecule has 0 spiro atoms. The second-order valence-electron chi connectivity index (χ2n) is 2.76. The van der Waals surface area contributed by atoms with Gasteiger partial charge in [-0.1, -0.05) is 0 Å². The van der Waals surface area contributed by atoms with Crippen LogP contribution in [0.2, 0.25) is 0 Å². The lowest BCUT2D eigenvalue weighted by molar-refractivity contribution is -0.197. The minimum absolute atomic E-state index is 0.250. The molecule has 0 aliphatic carbocycles. The fourth-order valence-corrected chi connectivity index (χ4v) is 0. The molecule has 0 aliphatic heterocycles. The third kappa shape index (κ3) is 29.2. The molecule has 0 rings (SSSR count). The lowest BCUT2D eigenvalue weighted by atomic mass is 10.4. The molecule has 0 saturated heterocycles. The number of alkyl halides is 5. The van der Waals surface area contributed by atoms with Crippen molar-refractivity contribution >= 4 is 0 Å². The third-order valence-corrected chi connectivity index (χ3v) is 0.751. The summed E-state index contributed by atoms with van der Waals surface area (Å²) in [5.74, 6) is -2.90. The average Bonchev–Trinajstić information content (AvgIpc) is 2.03. The topological polar surface area (TPSA) is 60.7 Å². The first kappa shape index (κ1) is 20.9. The summed E-state index contributed by atoms with van der Waals surface area (Å²) in [5, 5.41) is 23.0. The molecule has 3 nitrogen and oxygen atoms in total. The molecule has 0 aliphatic rings. The van der Waals surface area contributed by atoms with Crippen molar-refractivity contribution in [2.24, 2.45) is 0 Å². The first-order valence-corrected chi connectivity index (χ1v) is 4.26. The SMILES string of the molecule is CC(F)(F)CO.CC(O)C(F)(F)F.CCO. The number of hydrogen-bond donors (Lipinski definition) is 3. The van der Waals surface area contributed by atoms with E-state index in [1.54, 1.807) is 6.92 Å². The highest BCUT2D eigenvalue weighted by molar-refractivity contribution is 4.55. The maximum Gasteiger partial charge on any atom is 0.414 e. The molecule has 1 atom stereocenters. The Balaban J connectivity index is -0.000000172. The van der Waals surface area contributed by atoms with Crippen molar-refractivity contribution in [1.29, 1.82) is 0 Å². The monoisotopic (exact) mass is 256 g/mol. The predicted octanol–water partition coefficient (Wildman–Crippen LogP) is 1.56. The fourth-order valence-electron chi connectivity index (χ4n) is 0. The largest absolute Gasteiger partial charge is 0.414 e. The Bertz CT molecular complexity index is 142. The highest BCUT2D eigenvalue weighted by Crippen LogP contribution is 2.18. The van der Waals surface area contributed by atoms with Crippen LogP contribution in [0.25, 0.3) is 0 Å². The molecule has 3 N–H and O–H groups in total. The summed E-state index contributed by atoms with van der Waals surface area (Å²) in [4.78, 5) is 0. The standard InChI is InChI=1S/C3H5F3O.C3H6F2O.C2H6O/c1-2(7)3(4,5)6;1-3(4,5)2-6;1-2-3/h2,7H,1H3;6H,2H2,1H3;3H,2H2,1H3. The van der Waals surface area contributed by atoms with E-state index in [1.807, 2.05) is 0 Å². The molecule has 1 unspecified atom stereocenters. The van der Waals surface area contributed by atoms with Crippen LogP contribution < -0.4 is 0 Å². The summed E-state index contributed by atoms with van der Waals surface area (Å²) in [6.45, 7) is 2.21. The highest BCUT2D eigenvalue weighted by atomic mass is 19.4.